The van der Waals surface area contributed by atoms with E-state index in [9.17, 15) is 13.6 Å². The predicted molar refractivity (Wildman–Crippen MR) is 56.3 cm³/mol. The van der Waals surface area contributed by atoms with Crippen molar-refractivity contribution in [2.75, 3.05) is 0 Å². The molecule has 0 saturated heterocycles. The molecule has 78 valence electrons. The molecule has 0 bridgehead atoms. The van der Waals surface area contributed by atoms with Crippen LogP contribution in [0, 0.1) is 0 Å². The summed E-state index contributed by atoms with van der Waals surface area (Å²) in [5.41, 5.74) is 0.698. The molecule has 0 radical (unpaired) electrons. The molecule has 1 heterocycles. The fourth-order valence-corrected chi connectivity index (χ4v) is 1.78. The van der Waals surface area contributed by atoms with Gasteiger partial charge in [0.15, 0.2) is 0 Å². The summed E-state index contributed by atoms with van der Waals surface area (Å²) in [7, 11) is 0. The normalized spacial score (nSPS) is 11.2. The number of aromatic nitrogens is 1. The van der Waals surface area contributed by atoms with Crippen molar-refractivity contribution in [2.24, 2.45) is 0 Å². The molecule has 0 saturated carbocycles. The highest BCUT2D eigenvalue weighted by Gasteiger charge is 2.21. The molecule has 2 rings (SSSR count). The first-order chi connectivity index (χ1) is 7.09. The molecule has 0 spiro atoms. The molecule has 5 heteroatoms. The van der Waals surface area contributed by atoms with Crippen LogP contribution < -0.4 is 0 Å². The maximum Gasteiger partial charge on any atom is 0.300 e. The molecule has 2 nitrogen and oxygen atoms in total. The minimum Gasteiger partial charge on any atom is -0.360 e. The Morgan fingerprint density at radius 1 is 1.40 bits per heavy atom. The lowest BCUT2D eigenvalue weighted by atomic mass is 10.1. The monoisotopic (exact) mass is 273 g/mol. The van der Waals surface area contributed by atoms with Crippen LogP contribution in [0.25, 0.3) is 10.9 Å². The van der Waals surface area contributed by atoms with Crippen molar-refractivity contribution in [3.8, 4) is 0 Å². The lowest BCUT2D eigenvalue weighted by molar-refractivity contribution is 0.0680. The Kier molecular flexibility index (Phi) is 2.56. The van der Waals surface area contributed by atoms with Gasteiger partial charge in [-0.25, -0.2) is 8.78 Å². The maximum absolute atomic E-state index is 12.2. The summed E-state index contributed by atoms with van der Waals surface area (Å²) >= 11 is 3.22. The number of Topliss-reactive ketones (excluding diaryl/α,β-unsaturated/α-hetero) is 1. The molecule has 0 unspecified atom stereocenters. The fourth-order valence-electron chi connectivity index (χ4n) is 1.41. The van der Waals surface area contributed by atoms with E-state index in [0.717, 1.165) is 4.47 Å². The second kappa shape index (κ2) is 3.73. The van der Waals surface area contributed by atoms with Crippen LogP contribution in [0.15, 0.2) is 28.9 Å². The highest BCUT2D eigenvalue weighted by atomic mass is 79.9. The van der Waals surface area contributed by atoms with E-state index in [2.05, 4.69) is 20.9 Å². The molecule has 0 atom stereocenters. The number of alkyl halides is 2. The van der Waals surface area contributed by atoms with Crippen molar-refractivity contribution >= 4 is 32.6 Å². The van der Waals surface area contributed by atoms with Crippen LogP contribution in [-0.4, -0.2) is 17.2 Å². The Labute approximate surface area is 92.4 Å². The summed E-state index contributed by atoms with van der Waals surface area (Å²) in [5.74, 6) is -1.15. The average Bonchev–Trinajstić information content (AvgIpc) is 2.59. The Hall–Kier alpha value is -1.23. The van der Waals surface area contributed by atoms with Gasteiger partial charge >= 0.3 is 6.43 Å². The van der Waals surface area contributed by atoms with Crippen molar-refractivity contribution in [1.82, 2.24) is 4.98 Å². The molecule has 0 aliphatic heterocycles. The number of halogens is 3. The van der Waals surface area contributed by atoms with Crippen LogP contribution >= 0.6 is 15.9 Å². The third-order valence-electron chi connectivity index (χ3n) is 2.11. The number of ketones is 1. The van der Waals surface area contributed by atoms with Gasteiger partial charge in [-0.15, -0.1) is 0 Å². The Bertz CT molecular complexity index is 521. The number of rotatable bonds is 2. The summed E-state index contributed by atoms with van der Waals surface area (Å²) in [4.78, 5) is 13.9. The minimum atomic E-state index is -2.97. The van der Waals surface area contributed by atoms with Crippen molar-refractivity contribution in [3.63, 3.8) is 0 Å². The van der Waals surface area contributed by atoms with Gasteiger partial charge in [0.25, 0.3) is 0 Å². The van der Waals surface area contributed by atoms with E-state index < -0.39 is 12.2 Å². The van der Waals surface area contributed by atoms with Crippen LogP contribution in [0.2, 0.25) is 0 Å². The lowest BCUT2D eigenvalue weighted by Gasteiger charge is -1.97. The molecular formula is C10H6BrF2NO. The molecule has 15 heavy (non-hydrogen) atoms. The Balaban J connectivity index is 2.62. The number of H-pyrrole nitrogens is 1. The first-order valence-electron chi connectivity index (χ1n) is 4.18. The fraction of sp³-hybridized carbons (Fsp3) is 0.100. The SMILES string of the molecule is O=C(c1c[nH]c2ccc(Br)cc12)C(F)F. The lowest BCUT2D eigenvalue weighted by Crippen LogP contribution is -2.09. The zero-order valence-electron chi connectivity index (χ0n) is 7.43. The van der Waals surface area contributed by atoms with Crippen LogP contribution in [0.4, 0.5) is 8.78 Å². The zero-order chi connectivity index (χ0) is 11.0. The van der Waals surface area contributed by atoms with Gasteiger partial charge in [0.05, 0.1) is 0 Å². The van der Waals surface area contributed by atoms with E-state index in [4.69, 9.17) is 0 Å². The standard InChI is InChI=1S/C10H6BrF2NO/c11-5-1-2-8-6(3-5)7(4-14-8)9(15)10(12)13/h1-4,10,14H. The Morgan fingerprint density at radius 3 is 2.80 bits per heavy atom. The average molecular weight is 274 g/mol. The van der Waals surface area contributed by atoms with Gasteiger partial charge < -0.3 is 4.98 Å². The summed E-state index contributed by atoms with van der Waals surface area (Å²) in [6.45, 7) is 0. The number of aromatic amines is 1. The van der Waals surface area contributed by atoms with Gasteiger partial charge in [-0.3, -0.25) is 4.79 Å². The summed E-state index contributed by atoms with van der Waals surface area (Å²) < 4.78 is 25.2. The first-order valence-corrected chi connectivity index (χ1v) is 4.98. The molecule has 2 aromatic rings. The molecule has 0 aliphatic carbocycles. The van der Waals surface area contributed by atoms with E-state index in [-0.39, 0.29) is 5.56 Å². The second-order valence-electron chi connectivity index (χ2n) is 3.06. The third-order valence-corrected chi connectivity index (χ3v) is 2.60. The number of fused-ring (bicyclic) bond motifs is 1. The van der Waals surface area contributed by atoms with Gasteiger partial charge in [-0.05, 0) is 18.2 Å². The Morgan fingerprint density at radius 2 is 2.13 bits per heavy atom. The van der Waals surface area contributed by atoms with Crippen molar-refractivity contribution in [1.29, 1.82) is 0 Å². The number of carbonyl (C=O) groups excluding carboxylic acids is 1. The van der Waals surface area contributed by atoms with E-state index in [1.54, 1.807) is 18.2 Å². The smallest absolute Gasteiger partial charge is 0.300 e. The van der Waals surface area contributed by atoms with E-state index in [0.29, 0.717) is 10.9 Å². The number of nitrogens with one attached hydrogen (secondary N) is 1. The number of benzene rings is 1. The molecule has 1 aromatic heterocycles. The van der Waals surface area contributed by atoms with Crippen LogP contribution in [-0.2, 0) is 0 Å². The van der Waals surface area contributed by atoms with Crippen LogP contribution in [0.1, 0.15) is 10.4 Å². The van der Waals surface area contributed by atoms with Crippen LogP contribution in [0.3, 0.4) is 0 Å². The summed E-state index contributed by atoms with van der Waals surface area (Å²) in [6, 6.07) is 5.14. The van der Waals surface area contributed by atoms with Crippen molar-refractivity contribution in [2.45, 2.75) is 6.43 Å². The van der Waals surface area contributed by atoms with E-state index in [1.165, 1.54) is 6.20 Å². The zero-order valence-corrected chi connectivity index (χ0v) is 9.01. The van der Waals surface area contributed by atoms with E-state index in [1.807, 2.05) is 0 Å². The topological polar surface area (TPSA) is 32.9 Å². The van der Waals surface area contributed by atoms with E-state index >= 15 is 0 Å². The maximum atomic E-state index is 12.2. The third kappa shape index (κ3) is 1.79. The summed E-state index contributed by atoms with van der Waals surface area (Å²) in [6.07, 6.45) is -1.66. The molecular weight excluding hydrogens is 268 g/mol. The van der Waals surface area contributed by atoms with Gasteiger partial charge in [-0.2, -0.15) is 0 Å². The highest BCUT2D eigenvalue weighted by Crippen LogP contribution is 2.24. The van der Waals surface area contributed by atoms with Crippen molar-refractivity contribution in [3.05, 3.63) is 34.4 Å². The predicted octanol–water partition coefficient (Wildman–Crippen LogP) is 3.38. The molecule has 1 N–H and O–H groups in total. The van der Waals surface area contributed by atoms with Crippen molar-refractivity contribution < 1.29 is 13.6 Å². The quantitative estimate of drug-likeness (QED) is 0.836. The largest absolute Gasteiger partial charge is 0.360 e. The molecule has 0 fully saturated rings. The molecule has 0 amide bonds. The van der Waals surface area contributed by atoms with Gasteiger partial charge in [0.2, 0.25) is 5.78 Å². The highest BCUT2D eigenvalue weighted by molar-refractivity contribution is 9.10. The van der Waals surface area contributed by atoms with Crippen LogP contribution in [0.5, 0.6) is 0 Å². The number of hydrogen-bond donors (Lipinski definition) is 1. The molecule has 1 aromatic carbocycles. The first kappa shape index (κ1) is 10.3. The number of hydrogen-bond acceptors (Lipinski definition) is 1. The van der Waals surface area contributed by atoms with Gasteiger partial charge in [0.1, 0.15) is 0 Å². The second-order valence-corrected chi connectivity index (χ2v) is 3.97. The van der Waals surface area contributed by atoms with Gasteiger partial charge in [-0.1, -0.05) is 15.9 Å². The number of carbonyl (C=O) groups is 1. The van der Waals surface area contributed by atoms with Gasteiger partial charge in [0, 0.05) is 27.1 Å². The molecule has 0 aliphatic rings. The summed E-state index contributed by atoms with van der Waals surface area (Å²) in [5, 5.41) is 0.509. The minimum absolute atomic E-state index is 0.0290.